The van der Waals surface area contributed by atoms with Gasteiger partial charge in [0.05, 0.1) is 19.8 Å². The predicted molar refractivity (Wildman–Crippen MR) is 196 cm³/mol. The molecule has 0 aromatic rings. The molecule has 0 spiro atoms. The summed E-state index contributed by atoms with van der Waals surface area (Å²) in [7, 11) is -4.61. The summed E-state index contributed by atoms with van der Waals surface area (Å²) in [6, 6.07) is 0. The van der Waals surface area contributed by atoms with Crippen molar-refractivity contribution in [3.63, 3.8) is 0 Å². The van der Waals surface area contributed by atoms with Crippen molar-refractivity contribution in [1.29, 1.82) is 0 Å². The van der Waals surface area contributed by atoms with E-state index < -0.39 is 51.8 Å². The van der Waals surface area contributed by atoms with Crippen molar-refractivity contribution < 1.29 is 47.8 Å². The molecule has 49 heavy (non-hydrogen) atoms. The van der Waals surface area contributed by atoms with Gasteiger partial charge in [-0.3, -0.25) is 18.6 Å². The molecule has 1 unspecified atom stereocenters. The van der Waals surface area contributed by atoms with E-state index in [0.29, 0.717) is 12.8 Å². The summed E-state index contributed by atoms with van der Waals surface area (Å²) < 4.78 is 32.5. The Morgan fingerprint density at radius 2 is 1.12 bits per heavy atom. The van der Waals surface area contributed by atoms with Crippen LogP contribution in [0.3, 0.4) is 0 Å². The molecular formula is C38H69O10P. The van der Waals surface area contributed by atoms with Gasteiger partial charge in [-0.1, -0.05) is 134 Å². The number of esters is 2. The van der Waals surface area contributed by atoms with Crippen LogP contribution in [0, 0.1) is 0 Å². The van der Waals surface area contributed by atoms with Crippen LogP contribution in [0.25, 0.3) is 0 Å². The lowest BCUT2D eigenvalue weighted by atomic mass is 10.1. The molecule has 0 aliphatic carbocycles. The molecule has 0 saturated heterocycles. The van der Waals surface area contributed by atoms with Crippen LogP contribution in [0.1, 0.15) is 155 Å². The Bertz CT molecular complexity index is 920. The number of hydrogen-bond acceptors (Lipinski definition) is 9. The molecule has 0 bridgehead atoms. The third kappa shape index (κ3) is 34.4. The van der Waals surface area contributed by atoms with Gasteiger partial charge in [0.15, 0.2) is 6.10 Å². The Hall–Kier alpha value is -1.81. The second-order valence-corrected chi connectivity index (χ2v) is 14.0. The van der Waals surface area contributed by atoms with Crippen LogP contribution in [0.2, 0.25) is 0 Å². The maximum atomic E-state index is 12.5. The minimum atomic E-state index is -4.61. The van der Waals surface area contributed by atoms with Crippen LogP contribution in [0.4, 0.5) is 0 Å². The van der Waals surface area contributed by atoms with Crippen molar-refractivity contribution in [2.45, 2.75) is 167 Å². The maximum absolute atomic E-state index is 12.5. The number of rotatable bonds is 35. The van der Waals surface area contributed by atoms with Gasteiger partial charge in [0, 0.05) is 12.8 Å². The molecule has 0 aromatic heterocycles. The minimum Gasteiger partial charge on any atom is -0.462 e. The molecule has 0 aromatic carbocycles. The number of ether oxygens (including phenoxy) is 2. The lowest BCUT2D eigenvalue weighted by molar-refractivity contribution is -0.161. The van der Waals surface area contributed by atoms with E-state index in [1.165, 1.54) is 44.9 Å². The molecule has 0 fully saturated rings. The Morgan fingerprint density at radius 3 is 1.69 bits per heavy atom. The smallest absolute Gasteiger partial charge is 0.462 e. The van der Waals surface area contributed by atoms with Gasteiger partial charge in [-0.25, -0.2) is 4.57 Å². The van der Waals surface area contributed by atoms with Crippen molar-refractivity contribution in [2.24, 2.45) is 0 Å². The minimum absolute atomic E-state index is 0.182. The fraction of sp³-hybridized carbons (Fsp3) is 0.789. The molecule has 11 heteroatoms. The van der Waals surface area contributed by atoms with Crippen molar-refractivity contribution in [2.75, 3.05) is 26.4 Å². The number of carbonyl (C=O) groups is 2. The second-order valence-electron chi connectivity index (χ2n) is 12.6. The van der Waals surface area contributed by atoms with Gasteiger partial charge in [0.2, 0.25) is 0 Å². The first kappa shape index (κ1) is 47.2. The summed E-state index contributed by atoms with van der Waals surface area (Å²) in [5.74, 6) is -0.946. The average Bonchev–Trinajstić information content (AvgIpc) is 3.09. The van der Waals surface area contributed by atoms with Crippen LogP contribution in [0.5, 0.6) is 0 Å². The Morgan fingerprint density at radius 1 is 0.633 bits per heavy atom. The number of aliphatic hydroxyl groups is 2. The molecular weight excluding hydrogens is 647 g/mol. The van der Waals surface area contributed by atoms with Gasteiger partial charge in [-0.05, 0) is 44.9 Å². The van der Waals surface area contributed by atoms with Gasteiger partial charge in [-0.2, -0.15) is 0 Å². The monoisotopic (exact) mass is 716 g/mol. The summed E-state index contributed by atoms with van der Waals surface area (Å²) in [5.41, 5.74) is 0. The highest BCUT2D eigenvalue weighted by Crippen LogP contribution is 2.43. The first-order valence-electron chi connectivity index (χ1n) is 18.9. The molecule has 286 valence electrons. The normalized spacial score (nSPS) is 14.5. The summed E-state index contributed by atoms with van der Waals surface area (Å²) in [6.45, 7) is 2.22. The first-order valence-corrected chi connectivity index (χ1v) is 20.4. The van der Waals surface area contributed by atoms with Gasteiger partial charge in [-0.15, -0.1) is 0 Å². The Kier molecular flexibility index (Phi) is 33.4. The van der Waals surface area contributed by atoms with Crippen LogP contribution in [-0.4, -0.2) is 65.7 Å². The number of allylic oxidation sites excluding steroid dienone is 6. The van der Waals surface area contributed by atoms with E-state index in [9.17, 15) is 24.2 Å². The highest BCUT2D eigenvalue weighted by molar-refractivity contribution is 7.47. The van der Waals surface area contributed by atoms with E-state index in [1.54, 1.807) is 0 Å². The van der Waals surface area contributed by atoms with Crippen molar-refractivity contribution in [3.8, 4) is 0 Å². The maximum Gasteiger partial charge on any atom is 0.472 e. The quantitative estimate of drug-likeness (QED) is 0.0251. The van der Waals surface area contributed by atoms with E-state index in [2.05, 4.69) is 54.8 Å². The molecule has 0 rings (SSSR count). The zero-order valence-electron chi connectivity index (χ0n) is 30.7. The standard InChI is InChI=1S/C38H69O10P/c1-3-5-7-9-11-13-15-16-17-18-20-21-23-25-27-29-37(41)45-33-36(34-47-49(43,44)46-32-35(40)31-39)48-38(42)30-28-26-24-22-19-14-12-10-8-6-4-2/h5,7,11,13,16-17,35-36,39-40H,3-4,6,8-10,12,14-15,18-34H2,1-2H3,(H,43,44)/b7-5-,13-11-,17-16-/t35-,36+/m0/s1. The fourth-order valence-corrected chi connectivity index (χ4v) is 5.68. The van der Waals surface area contributed by atoms with Crippen molar-refractivity contribution in [1.82, 2.24) is 0 Å². The predicted octanol–water partition coefficient (Wildman–Crippen LogP) is 9.22. The highest BCUT2D eigenvalue weighted by atomic mass is 31.2. The number of unbranched alkanes of at least 4 members (excludes halogenated alkanes) is 15. The second kappa shape index (κ2) is 34.6. The SMILES string of the molecule is CC/C=C\C/C=C\C/C=C\CCCCCCCC(=O)OC[C@H](COP(=O)(O)OC[C@@H](O)CO)OC(=O)CCCCCCCCCCCCC. The molecule has 0 saturated carbocycles. The number of phosphoric ester groups is 1. The molecule has 0 aliphatic heterocycles. The number of hydrogen-bond donors (Lipinski definition) is 3. The van der Waals surface area contributed by atoms with Gasteiger partial charge >= 0.3 is 19.8 Å². The summed E-state index contributed by atoms with van der Waals surface area (Å²) in [4.78, 5) is 34.8. The molecule has 0 aliphatic rings. The lowest BCUT2D eigenvalue weighted by Gasteiger charge is -2.20. The van der Waals surface area contributed by atoms with Gasteiger partial charge < -0.3 is 24.6 Å². The van der Waals surface area contributed by atoms with E-state index in [4.69, 9.17) is 19.1 Å². The number of phosphoric acid groups is 1. The van der Waals surface area contributed by atoms with Crippen LogP contribution in [-0.2, 0) is 32.7 Å². The molecule has 3 atom stereocenters. The zero-order chi connectivity index (χ0) is 36.3. The Labute approximate surface area is 297 Å². The third-order valence-corrected chi connectivity index (χ3v) is 8.76. The molecule has 0 radical (unpaired) electrons. The molecule has 0 amide bonds. The summed E-state index contributed by atoms with van der Waals surface area (Å²) in [5, 5.41) is 18.3. The van der Waals surface area contributed by atoms with Crippen LogP contribution in [0.15, 0.2) is 36.5 Å². The van der Waals surface area contributed by atoms with E-state index in [-0.39, 0.29) is 19.4 Å². The van der Waals surface area contributed by atoms with E-state index >= 15 is 0 Å². The number of aliphatic hydroxyl groups excluding tert-OH is 2. The van der Waals surface area contributed by atoms with Crippen molar-refractivity contribution in [3.05, 3.63) is 36.5 Å². The fourth-order valence-electron chi connectivity index (χ4n) is 4.89. The third-order valence-electron chi connectivity index (χ3n) is 7.81. The van der Waals surface area contributed by atoms with Crippen molar-refractivity contribution >= 4 is 19.8 Å². The first-order chi connectivity index (χ1) is 23.7. The van der Waals surface area contributed by atoms with E-state index in [1.807, 2.05) is 0 Å². The average molecular weight is 717 g/mol. The molecule has 10 nitrogen and oxygen atoms in total. The van der Waals surface area contributed by atoms with Gasteiger partial charge in [0.25, 0.3) is 0 Å². The lowest BCUT2D eigenvalue weighted by Crippen LogP contribution is -2.29. The number of carbonyl (C=O) groups excluding carboxylic acids is 2. The zero-order valence-corrected chi connectivity index (χ0v) is 31.5. The summed E-state index contributed by atoms with van der Waals surface area (Å²) >= 11 is 0. The largest absolute Gasteiger partial charge is 0.472 e. The van der Waals surface area contributed by atoms with E-state index in [0.717, 1.165) is 70.6 Å². The molecule has 3 N–H and O–H groups in total. The Balaban J connectivity index is 4.38. The molecule has 0 heterocycles. The summed E-state index contributed by atoms with van der Waals surface area (Å²) in [6.07, 6.45) is 32.6. The van der Waals surface area contributed by atoms with Gasteiger partial charge in [0.1, 0.15) is 12.7 Å². The van der Waals surface area contributed by atoms with Crippen LogP contribution < -0.4 is 0 Å². The highest BCUT2D eigenvalue weighted by Gasteiger charge is 2.27. The van der Waals surface area contributed by atoms with Crippen LogP contribution >= 0.6 is 7.82 Å². The topological polar surface area (TPSA) is 149 Å².